The fourth-order valence-corrected chi connectivity index (χ4v) is 3.71. The number of phenolic OH excluding ortho intramolecular Hbond substituents is 1. The van der Waals surface area contributed by atoms with Crippen LogP contribution < -0.4 is 15.1 Å². The molecule has 33 heavy (non-hydrogen) atoms. The third-order valence-electron chi connectivity index (χ3n) is 5.47. The highest BCUT2D eigenvalue weighted by atomic mass is 16.3. The molecule has 1 saturated heterocycles. The van der Waals surface area contributed by atoms with Gasteiger partial charge in [0.15, 0.2) is 0 Å². The minimum absolute atomic E-state index is 0.213. The number of nitrogens with one attached hydrogen (secondary N) is 1. The van der Waals surface area contributed by atoms with Gasteiger partial charge in [0.2, 0.25) is 17.8 Å². The average molecular weight is 441 g/mol. The number of phenols is 1. The molecule has 0 atom stereocenters. The van der Waals surface area contributed by atoms with Crippen LogP contribution in [0.5, 0.6) is 5.75 Å². The van der Waals surface area contributed by atoms with Gasteiger partial charge in [0.1, 0.15) is 12.1 Å². The van der Waals surface area contributed by atoms with E-state index in [2.05, 4.69) is 52.2 Å². The molecule has 5 rings (SSSR count). The Kier molecular flexibility index (Phi) is 5.92. The van der Waals surface area contributed by atoms with E-state index >= 15 is 0 Å². The van der Waals surface area contributed by atoms with E-state index in [1.165, 1.54) is 11.9 Å². The molecule has 0 aliphatic carbocycles. The second-order valence-corrected chi connectivity index (χ2v) is 7.81. The van der Waals surface area contributed by atoms with Crippen molar-refractivity contribution in [2.75, 3.05) is 41.3 Å². The van der Waals surface area contributed by atoms with Gasteiger partial charge >= 0.3 is 0 Å². The fraction of sp³-hybridized carbons (Fsp3) is 0.208. The summed E-state index contributed by atoms with van der Waals surface area (Å²) < 4.78 is 0. The molecule has 2 aromatic carbocycles. The minimum Gasteiger partial charge on any atom is -0.508 e. The van der Waals surface area contributed by atoms with Crippen LogP contribution in [-0.2, 0) is 6.42 Å². The normalized spacial score (nSPS) is 13.7. The van der Waals surface area contributed by atoms with Crippen molar-refractivity contribution in [3.63, 3.8) is 0 Å². The van der Waals surface area contributed by atoms with Crippen molar-refractivity contribution in [2.45, 2.75) is 6.42 Å². The highest BCUT2D eigenvalue weighted by Crippen LogP contribution is 2.19. The summed E-state index contributed by atoms with van der Waals surface area (Å²) in [4.78, 5) is 26.6. The molecule has 0 bridgehead atoms. The van der Waals surface area contributed by atoms with Gasteiger partial charge in [-0.25, -0.2) is 19.9 Å². The lowest BCUT2D eigenvalue weighted by molar-refractivity contribution is 0.475. The molecule has 9 heteroatoms. The van der Waals surface area contributed by atoms with Crippen LogP contribution in [-0.4, -0.2) is 56.2 Å². The van der Waals surface area contributed by atoms with Crippen LogP contribution in [0.1, 0.15) is 11.1 Å². The highest BCUT2D eigenvalue weighted by Gasteiger charge is 2.21. The molecule has 1 aliphatic rings. The van der Waals surface area contributed by atoms with Gasteiger partial charge in [-0.15, -0.1) is 0 Å². The summed E-state index contributed by atoms with van der Waals surface area (Å²) in [6.45, 7) is 3.09. The molecule has 0 radical (unpaired) electrons. The second-order valence-electron chi connectivity index (χ2n) is 7.81. The number of piperazine rings is 1. The number of benzene rings is 2. The van der Waals surface area contributed by atoms with Crippen molar-refractivity contribution in [1.82, 2.24) is 24.9 Å². The first-order valence-corrected chi connectivity index (χ1v) is 10.8. The molecule has 166 valence electrons. The van der Waals surface area contributed by atoms with Crippen LogP contribution >= 0.6 is 0 Å². The zero-order chi connectivity index (χ0) is 22.5. The minimum atomic E-state index is 0.213. The molecule has 2 aromatic heterocycles. The van der Waals surface area contributed by atoms with Gasteiger partial charge in [0, 0.05) is 50.7 Å². The predicted octanol–water partition coefficient (Wildman–Crippen LogP) is 3.03. The predicted molar refractivity (Wildman–Crippen MR) is 127 cm³/mol. The zero-order valence-corrected chi connectivity index (χ0v) is 18.0. The van der Waals surface area contributed by atoms with Gasteiger partial charge < -0.3 is 20.2 Å². The maximum absolute atomic E-state index is 9.43. The lowest BCUT2D eigenvalue weighted by atomic mass is 10.1. The highest BCUT2D eigenvalue weighted by molar-refractivity contribution is 5.55. The number of hydrogen-bond acceptors (Lipinski definition) is 9. The Morgan fingerprint density at radius 2 is 1.39 bits per heavy atom. The smallest absolute Gasteiger partial charge is 0.231 e. The number of nitrogens with zero attached hydrogens (tertiary/aromatic N) is 7. The van der Waals surface area contributed by atoms with Crippen molar-refractivity contribution >= 4 is 23.5 Å². The van der Waals surface area contributed by atoms with Crippen LogP contribution in [0.2, 0.25) is 0 Å². The lowest BCUT2D eigenvalue weighted by Crippen LogP contribution is -2.47. The maximum atomic E-state index is 9.43. The molecular weight excluding hydrogens is 416 g/mol. The molecular formula is C24H24N8O. The Labute approximate surface area is 191 Å². The lowest BCUT2D eigenvalue weighted by Gasteiger charge is -2.34. The van der Waals surface area contributed by atoms with Gasteiger partial charge in [-0.3, -0.25) is 0 Å². The van der Waals surface area contributed by atoms with Crippen molar-refractivity contribution in [3.8, 4) is 5.75 Å². The van der Waals surface area contributed by atoms with E-state index in [4.69, 9.17) is 0 Å². The number of hydrogen-bond donors (Lipinski definition) is 2. The fourth-order valence-electron chi connectivity index (χ4n) is 3.71. The first-order valence-electron chi connectivity index (χ1n) is 10.8. The number of aromatic nitrogens is 5. The Balaban J connectivity index is 1.18. The van der Waals surface area contributed by atoms with E-state index in [0.29, 0.717) is 11.9 Å². The van der Waals surface area contributed by atoms with E-state index in [1.807, 2.05) is 30.6 Å². The van der Waals surface area contributed by atoms with E-state index in [-0.39, 0.29) is 5.75 Å². The summed E-state index contributed by atoms with van der Waals surface area (Å²) in [6.07, 6.45) is 6.16. The molecule has 0 saturated carbocycles. The standard InChI is InChI=1S/C24H24N8O/c33-21-8-6-20(7-9-21)29-22-27-17-28-24(30-22)32-12-10-31(11-13-32)23-25-15-19(16-26-23)14-18-4-2-1-3-5-18/h1-9,15-17,33H,10-14H2,(H,27,28,29,30). The molecule has 1 aliphatic heterocycles. The molecule has 0 unspecified atom stereocenters. The summed E-state index contributed by atoms with van der Waals surface area (Å²) in [7, 11) is 0. The summed E-state index contributed by atoms with van der Waals surface area (Å²) in [6, 6.07) is 17.1. The summed E-state index contributed by atoms with van der Waals surface area (Å²) in [5.74, 6) is 2.05. The van der Waals surface area contributed by atoms with Crippen molar-refractivity contribution < 1.29 is 5.11 Å². The molecule has 1 fully saturated rings. The monoisotopic (exact) mass is 440 g/mol. The zero-order valence-electron chi connectivity index (χ0n) is 18.0. The SMILES string of the molecule is Oc1ccc(Nc2ncnc(N3CCN(c4ncc(Cc5ccccc5)cn4)CC3)n2)cc1. The van der Waals surface area contributed by atoms with Crippen molar-refractivity contribution in [2.24, 2.45) is 0 Å². The van der Waals surface area contributed by atoms with Gasteiger partial charge in [-0.2, -0.15) is 4.98 Å². The van der Waals surface area contributed by atoms with E-state index in [0.717, 1.165) is 49.8 Å². The first-order chi connectivity index (χ1) is 16.2. The summed E-state index contributed by atoms with van der Waals surface area (Å²) in [5, 5.41) is 12.6. The van der Waals surface area contributed by atoms with Crippen LogP contribution in [0.3, 0.4) is 0 Å². The van der Waals surface area contributed by atoms with E-state index in [1.54, 1.807) is 24.3 Å². The topological polar surface area (TPSA) is 103 Å². The maximum Gasteiger partial charge on any atom is 0.231 e. The average Bonchev–Trinajstić information content (AvgIpc) is 2.87. The van der Waals surface area contributed by atoms with Crippen LogP contribution in [0.25, 0.3) is 0 Å². The largest absolute Gasteiger partial charge is 0.508 e. The van der Waals surface area contributed by atoms with Gasteiger partial charge in [-0.1, -0.05) is 30.3 Å². The Bertz CT molecular complexity index is 1180. The Morgan fingerprint density at radius 3 is 2.09 bits per heavy atom. The molecule has 0 amide bonds. The summed E-state index contributed by atoms with van der Waals surface area (Å²) >= 11 is 0. The quantitative estimate of drug-likeness (QED) is 0.438. The van der Waals surface area contributed by atoms with Crippen LogP contribution in [0.15, 0.2) is 73.3 Å². The summed E-state index contributed by atoms with van der Waals surface area (Å²) in [5.41, 5.74) is 3.14. The van der Waals surface area contributed by atoms with Gasteiger partial charge in [0.25, 0.3) is 0 Å². The molecule has 0 spiro atoms. The third kappa shape index (κ3) is 5.15. The van der Waals surface area contributed by atoms with E-state index in [9.17, 15) is 5.11 Å². The van der Waals surface area contributed by atoms with Crippen molar-refractivity contribution in [1.29, 1.82) is 0 Å². The van der Waals surface area contributed by atoms with Crippen LogP contribution in [0.4, 0.5) is 23.5 Å². The van der Waals surface area contributed by atoms with Crippen molar-refractivity contribution in [3.05, 3.63) is 84.4 Å². The molecule has 2 N–H and O–H groups in total. The molecule has 4 aromatic rings. The Hall–Kier alpha value is -4.27. The number of anilines is 4. The molecule has 3 heterocycles. The first kappa shape index (κ1) is 20.6. The molecule has 9 nitrogen and oxygen atoms in total. The number of rotatable bonds is 6. The third-order valence-corrected chi connectivity index (χ3v) is 5.47. The Morgan fingerprint density at radius 1 is 0.727 bits per heavy atom. The number of aromatic hydroxyl groups is 1. The van der Waals surface area contributed by atoms with Gasteiger partial charge in [0.05, 0.1) is 0 Å². The van der Waals surface area contributed by atoms with Gasteiger partial charge in [-0.05, 0) is 35.4 Å². The van der Waals surface area contributed by atoms with Crippen LogP contribution in [0, 0.1) is 0 Å². The second kappa shape index (κ2) is 9.47. The van der Waals surface area contributed by atoms with E-state index < -0.39 is 0 Å².